The monoisotopic (exact) mass is 534 g/mol. The first-order chi connectivity index (χ1) is 17.8. The van der Waals surface area contributed by atoms with Crippen LogP contribution in [0.3, 0.4) is 0 Å². The Morgan fingerprint density at radius 2 is 1.92 bits per heavy atom. The van der Waals surface area contributed by atoms with Crippen molar-refractivity contribution in [1.82, 2.24) is 4.57 Å². The third-order valence-corrected chi connectivity index (χ3v) is 7.14. The van der Waals surface area contributed by atoms with E-state index in [1.807, 2.05) is 0 Å². The van der Waals surface area contributed by atoms with Crippen LogP contribution in [0.4, 0.5) is 0 Å². The van der Waals surface area contributed by atoms with Crippen LogP contribution in [0.2, 0.25) is 5.02 Å². The van der Waals surface area contributed by atoms with E-state index in [1.165, 1.54) is 35.1 Å². The molecule has 0 amide bonds. The lowest BCUT2D eigenvalue weighted by molar-refractivity contribution is -0.136. The minimum atomic E-state index is -1.04. The number of aromatic nitrogens is 1. The van der Waals surface area contributed by atoms with Gasteiger partial charge in [0.25, 0.3) is 5.56 Å². The van der Waals surface area contributed by atoms with Gasteiger partial charge in [-0.15, -0.1) is 0 Å². The fraction of sp³-hybridized carbons (Fsp3) is 0.111. The minimum absolute atomic E-state index is 0.141. The number of esters is 1. The molecule has 2 aromatic heterocycles. The first-order valence-corrected chi connectivity index (χ1v) is 12.3. The van der Waals surface area contributed by atoms with Crippen molar-refractivity contribution in [2.75, 3.05) is 7.11 Å². The molecule has 1 aliphatic rings. The van der Waals surface area contributed by atoms with Crippen LogP contribution in [0.25, 0.3) is 17.4 Å². The SMILES string of the molecule is COC(=O)C1=C(C)N=c2s/c(=C\c3ccc(-c4cccc(C(=O)O)c4)o3)c(=O)n2[C@H]1c1ccc(Cl)cc1. The second-order valence-electron chi connectivity index (χ2n) is 8.21. The number of rotatable bonds is 5. The zero-order chi connectivity index (χ0) is 26.3. The van der Waals surface area contributed by atoms with E-state index in [0.717, 1.165) is 0 Å². The summed E-state index contributed by atoms with van der Waals surface area (Å²) in [6.45, 7) is 1.70. The molecule has 0 bridgehead atoms. The highest BCUT2D eigenvalue weighted by Gasteiger charge is 2.33. The third kappa shape index (κ3) is 4.54. The lowest BCUT2D eigenvalue weighted by Crippen LogP contribution is -2.39. The molecule has 4 aromatic rings. The number of nitrogens with zero attached hydrogens (tertiary/aromatic N) is 2. The number of aromatic carboxylic acids is 1. The Balaban J connectivity index is 1.62. The smallest absolute Gasteiger partial charge is 0.338 e. The van der Waals surface area contributed by atoms with E-state index in [1.54, 1.807) is 61.5 Å². The van der Waals surface area contributed by atoms with E-state index in [0.29, 0.717) is 42.7 Å². The van der Waals surface area contributed by atoms with Crippen molar-refractivity contribution < 1.29 is 23.8 Å². The summed E-state index contributed by atoms with van der Waals surface area (Å²) in [4.78, 5) is 42.6. The van der Waals surface area contributed by atoms with Crippen LogP contribution in [0, 0.1) is 0 Å². The van der Waals surface area contributed by atoms with Crippen LogP contribution in [-0.4, -0.2) is 28.7 Å². The topological polar surface area (TPSA) is 111 Å². The number of hydrogen-bond donors (Lipinski definition) is 1. The summed E-state index contributed by atoms with van der Waals surface area (Å²) in [5, 5.41) is 9.78. The van der Waals surface area contributed by atoms with Gasteiger partial charge in [-0.05, 0) is 48.9 Å². The Bertz CT molecular complexity index is 1760. The number of thiazole rings is 1. The molecule has 1 N–H and O–H groups in total. The Hall–Kier alpha value is -4.21. The molecule has 186 valence electrons. The highest BCUT2D eigenvalue weighted by atomic mass is 35.5. The molecule has 0 aliphatic carbocycles. The number of benzene rings is 2. The van der Waals surface area contributed by atoms with Crippen molar-refractivity contribution in [3.8, 4) is 11.3 Å². The number of carbonyl (C=O) groups is 2. The van der Waals surface area contributed by atoms with E-state index in [2.05, 4.69) is 4.99 Å². The summed E-state index contributed by atoms with van der Waals surface area (Å²) >= 11 is 7.24. The largest absolute Gasteiger partial charge is 0.478 e. The van der Waals surface area contributed by atoms with Gasteiger partial charge in [-0.25, -0.2) is 14.6 Å². The van der Waals surface area contributed by atoms with Crippen LogP contribution < -0.4 is 14.9 Å². The number of carbonyl (C=O) groups excluding carboxylic acids is 1. The van der Waals surface area contributed by atoms with E-state index in [9.17, 15) is 19.5 Å². The molecule has 0 saturated carbocycles. The second kappa shape index (κ2) is 9.68. The van der Waals surface area contributed by atoms with Gasteiger partial charge in [0.05, 0.1) is 34.5 Å². The number of furan rings is 1. The van der Waals surface area contributed by atoms with Gasteiger partial charge < -0.3 is 14.3 Å². The molecule has 8 nitrogen and oxygen atoms in total. The summed E-state index contributed by atoms with van der Waals surface area (Å²) in [5.41, 5.74) is 1.80. The molecule has 1 aliphatic heterocycles. The van der Waals surface area contributed by atoms with Gasteiger partial charge >= 0.3 is 11.9 Å². The van der Waals surface area contributed by atoms with Gasteiger partial charge in [-0.3, -0.25) is 9.36 Å². The number of halogens is 1. The molecule has 0 spiro atoms. The minimum Gasteiger partial charge on any atom is -0.478 e. The number of carboxylic acids is 1. The first-order valence-electron chi connectivity index (χ1n) is 11.1. The number of ether oxygens (including phenoxy) is 1. The van der Waals surface area contributed by atoms with Gasteiger partial charge in [0.1, 0.15) is 11.5 Å². The molecule has 0 radical (unpaired) electrons. The van der Waals surface area contributed by atoms with Gasteiger partial charge in [-0.2, -0.15) is 0 Å². The number of fused-ring (bicyclic) bond motifs is 1. The van der Waals surface area contributed by atoms with Crippen LogP contribution in [-0.2, 0) is 9.53 Å². The lowest BCUT2D eigenvalue weighted by Gasteiger charge is -2.24. The normalized spacial score (nSPS) is 15.3. The highest BCUT2D eigenvalue weighted by Crippen LogP contribution is 2.31. The average molecular weight is 535 g/mol. The fourth-order valence-corrected chi connectivity index (χ4v) is 5.33. The summed E-state index contributed by atoms with van der Waals surface area (Å²) in [7, 11) is 1.29. The van der Waals surface area contributed by atoms with Crippen LogP contribution in [0.5, 0.6) is 0 Å². The van der Waals surface area contributed by atoms with E-state index in [4.69, 9.17) is 20.8 Å². The lowest BCUT2D eigenvalue weighted by atomic mass is 9.96. The molecule has 5 rings (SSSR count). The summed E-state index contributed by atoms with van der Waals surface area (Å²) in [6.07, 6.45) is 1.60. The van der Waals surface area contributed by atoms with Crippen molar-refractivity contribution in [1.29, 1.82) is 0 Å². The first kappa shape index (κ1) is 24.5. The third-order valence-electron chi connectivity index (χ3n) is 5.91. The molecule has 0 saturated heterocycles. The van der Waals surface area contributed by atoms with E-state index in [-0.39, 0.29) is 16.7 Å². The van der Waals surface area contributed by atoms with E-state index >= 15 is 0 Å². The Morgan fingerprint density at radius 3 is 2.62 bits per heavy atom. The summed E-state index contributed by atoms with van der Waals surface area (Å²) in [6, 6.07) is 16.0. The predicted molar refractivity (Wildman–Crippen MR) is 138 cm³/mol. The van der Waals surface area contributed by atoms with E-state index < -0.39 is 18.0 Å². The van der Waals surface area contributed by atoms with Crippen molar-refractivity contribution in [3.05, 3.63) is 114 Å². The number of carboxylic acid groups (broad SMARTS) is 1. The summed E-state index contributed by atoms with van der Waals surface area (Å²) < 4.78 is 12.7. The maximum absolute atomic E-state index is 13.6. The Kier molecular flexibility index (Phi) is 6.41. The quantitative estimate of drug-likeness (QED) is 0.387. The second-order valence-corrected chi connectivity index (χ2v) is 9.66. The molecule has 1 atom stereocenters. The number of hydrogen-bond acceptors (Lipinski definition) is 7. The molecule has 2 aromatic carbocycles. The number of methoxy groups -OCH3 is 1. The average Bonchev–Trinajstić information content (AvgIpc) is 3.48. The molecular formula is C27H19ClN2O6S. The molecular weight excluding hydrogens is 516 g/mol. The van der Waals surface area contributed by atoms with Crippen LogP contribution in [0.1, 0.15) is 34.6 Å². The molecule has 3 heterocycles. The molecule has 10 heteroatoms. The molecule has 37 heavy (non-hydrogen) atoms. The van der Waals surface area contributed by atoms with Crippen molar-refractivity contribution in [2.45, 2.75) is 13.0 Å². The van der Waals surface area contributed by atoms with Gasteiger partial charge in [-0.1, -0.05) is 47.2 Å². The van der Waals surface area contributed by atoms with Crippen LogP contribution >= 0.6 is 22.9 Å². The maximum Gasteiger partial charge on any atom is 0.338 e. The zero-order valence-electron chi connectivity index (χ0n) is 19.6. The van der Waals surface area contributed by atoms with Gasteiger partial charge in [0, 0.05) is 16.7 Å². The van der Waals surface area contributed by atoms with Crippen molar-refractivity contribution >= 4 is 41.0 Å². The Morgan fingerprint density at radius 1 is 1.16 bits per heavy atom. The summed E-state index contributed by atoms with van der Waals surface area (Å²) in [5.74, 6) is -0.737. The predicted octanol–water partition coefficient (Wildman–Crippen LogP) is 4.02. The fourth-order valence-electron chi connectivity index (χ4n) is 4.17. The van der Waals surface area contributed by atoms with Crippen LogP contribution in [0.15, 0.2) is 86.1 Å². The standard InChI is InChI=1S/C27H19ClN2O6S/c1-14-22(26(34)35-2)23(15-6-8-18(28)9-7-15)30-24(31)21(37-27(30)29-14)13-19-10-11-20(36-19)16-4-3-5-17(12-16)25(32)33/h3-13,23H,1-2H3,(H,32,33)/b21-13-/t23-/m0/s1. The van der Waals surface area contributed by atoms with Gasteiger partial charge in [0.15, 0.2) is 4.80 Å². The maximum atomic E-state index is 13.6. The Labute approximate surface area is 219 Å². The van der Waals surface area contributed by atoms with Gasteiger partial charge in [0.2, 0.25) is 0 Å². The number of allylic oxidation sites excluding steroid dienone is 1. The zero-order valence-corrected chi connectivity index (χ0v) is 21.2. The van der Waals surface area contributed by atoms with Crippen molar-refractivity contribution in [2.24, 2.45) is 4.99 Å². The highest BCUT2D eigenvalue weighted by molar-refractivity contribution is 7.07. The van der Waals surface area contributed by atoms with Crippen molar-refractivity contribution in [3.63, 3.8) is 0 Å². The molecule has 0 unspecified atom stereocenters. The molecule has 0 fully saturated rings.